The van der Waals surface area contributed by atoms with Crippen LogP contribution in [0.3, 0.4) is 0 Å². The molecule has 0 amide bonds. The smallest absolute Gasteiger partial charge is 0.119 e. The van der Waals surface area contributed by atoms with E-state index in [4.69, 9.17) is 4.74 Å². The van der Waals surface area contributed by atoms with E-state index in [9.17, 15) is 0 Å². The number of methoxy groups -OCH3 is 1. The summed E-state index contributed by atoms with van der Waals surface area (Å²) in [7, 11) is 1.71. The lowest BCUT2D eigenvalue weighted by atomic mass is 10.1. The highest BCUT2D eigenvalue weighted by Crippen LogP contribution is 2.38. The summed E-state index contributed by atoms with van der Waals surface area (Å²) >= 11 is 3.64. The summed E-state index contributed by atoms with van der Waals surface area (Å²) in [5.41, 5.74) is 2.85. The van der Waals surface area contributed by atoms with Gasteiger partial charge in [0.15, 0.2) is 0 Å². The third-order valence-electron chi connectivity index (χ3n) is 2.35. The Kier molecular flexibility index (Phi) is 2.09. The largest absolute Gasteiger partial charge is 0.497 e. The number of alkyl halides is 1. The molecule has 2 heteroatoms. The molecule has 0 saturated carbocycles. The highest BCUT2D eigenvalue weighted by Gasteiger charge is 2.19. The van der Waals surface area contributed by atoms with Gasteiger partial charge in [-0.3, -0.25) is 0 Å². The van der Waals surface area contributed by atoms with Crippen molar-refractivity contribution in [2.75, 3.05) is 7.11 Å². The third kappa shape index (κ3) is 1.24. The third-order valence-corrected chi connectivity index (χ3v) is 3.31. The summed E-state index contributed by atoms with van der Waals surface area (Å²) in [5, 5.41) is 0. The van der Waals surface area contributed by atoms with Crippen LogP contribution in [0.5, 0.6) is 5.75 Å². The molecular formula is C10H11BrO. The number of hydrogen-bond donors (Lipinski definition) is 0. The van der Waals surface area contributed by atoms with Crippen molar-refractivity contribution in [1.82, 2.24) is 0 Å². The zero-order valence-electron chi connectivity index (χ0n) is 7.01. The molecule has 1 aromatic rings. The Morgan fingerprint density at radius 2 is 2.33 bits per heavy atom. The first kappa shape index (κ1) is 8.11. The molecule has 1 aromatic carbocycles. The first-order valence-corrected chi connectivity index (χ1v) is 5.03. The van der Waals surface area contributed by atoms with E-state index >= 15 is 0 Å². The molecule has 12 heavy (non-hydrogen) atoms. The highest BCUT2D eigenvalue weighted by molar-refractivity contribution is 9.09. The fraction of sp³-hybridized carbons (Fsp3) is 0.400. The van der Waals surface area contributed by atoms with Crippen LogP contribution in [0.1, 0.15) is 22.4 Å². The van der Waals surface area contributed by atoms with Gasteiger partial charge in [-0.1, -0.05) is 22.0 Å². The van der Waals surface area contributed by atoms with Gasteiger partial charge in [0.25, 0.3) is 0 Å². The van der Waals surface area contributed by atoms with E-state index in [0.717, 1.165) is 5.75 Å². The standard InChI is InChI=1S/C10H11BrO/c1-12-8-3-4-9-7(6-8)2-5-10(9)11/h3-4,6,10H,2,5H2,1H3. The van der Waals surface area contributed by atoms with Crippen LogP contribution in [0, 0.1) is 0 Å². The van der Waals surface area contributed by atoms with Crippen LogP contribution in [0.15, 0.2) is 18.2 Å². The predicted octanol–water partition coefficient (Wildman–Crippen LogP) is 3.08. The SMILES string of the molecule is COc1ccc2c(c1)CCC2Br. The van der Waals surface area contributed by atoms with Gasteiger partial charge in [-0.05, 0) is 36.1 Å². The van der Waals surface area contributed by atoms with Gasteiger partial charge in [-0.15, -0.1) is 0 Å². The fourth-order valence-corrected chi connectivity index (χ4v) is 2.34. The second-order valence-corrected chi connectivity index (χ2v) is 4.18. The van der Waals surface area contributed by atoms with Crippen molar-refractivity contribution in [2.45, 2.75) is 17.7 Å². The second kappa shape index (κ2) is 3.09. The topological polar surface area (TPSA) is 9.23 Å². The molecule has 64 valence electrons. The Balaban J connectivity index is 2.41. The summed E-state index contributed by atoms with van der Waals surface area (Å²) in [6.07, 6.45) is 2.38. The Morgan fingerprint density at radius 3 is 3.08 bits per heavy atom. The van der Waals surface area contributed by atoms with Crippen molar-refractivity contribution in [3.63, 3.8) is 0 Å². The summed E-state index contributed by atoms with van der Waals surface area (Å²) in [6, 6.07) is 6.32. The molecule has 0 radical (unpaired) electrons. The summed E-state index contributed by atoms with van der Waals surface area (Å²) in [6.45, 7) is 0. The van der Waals surface area contributed by atoms with E-state index in [1.54, 1.807) is 7.11 Å². The van der Waals surface area contributed by atoms with Gasteiger partial charge >= 0.3 is 0 Å². The average molecular weight is 227 g/mol. The number of ether oxygens (including phenoxy) is 1. The highest BCUT2D eigenvalue weighted by atomic mass is 79.9. The molecule has 1 aliphatic carbocycles. The van der Waals surface area contributed by atoms with Crippen molar-refractivity contribution >= 4 is 15.9 Å². The number of fused-ring (bicyclic) bond motifs is 1. The van der Waals surface area contributed by atoms with E-state index < -0.39 is 0 Å². The molecule has 1 atom stereocenters. The van der Waals surface area contributed by atoms with Crippen LogP contribution < -0.4 is 4.74 Å². The van der Waals surface area contributed by atoms with Crippen molar-refractivity contribution in [2.24, 2.45) is 0 Å². The molecule has 0 aliphatic heterocycles. The van der Waals surface area contributed by atoms with E-state index in [1.807, 2.05) is 6.07 Å². The van der Waals surface area contributed by atoms with Crippen LogP contribution >= 0.6 is 15.9 Å². The molecule has 0 N–H and O–H groups in total. The summed E-state index contributed by atoms with van der Waals surface area (Å²) in [5.74, 6) is 0.968. The van der Waals surface area contributed by atoms with Gasteiger partial charge < -0.3 is 4.74 Å². The Labute approximate surface area is 80.9 Å². The van der Waals surface area contributed by atoms with Crippen LogP contribution in [0.4, 0.5) is 0 Å². The van der Waals surface area contributed by atoms with Crippen molar-refractivity contribution < 1.29 is 4.74 Å². The van der Waals surface area contributed by atoms with Crippen LogP contribution in [0.2, 0.25) is 0 Å². The van der Waals surface area contributed by atoms with Gasteiger partial charge in [0, 0.05) is 4.83 Å². The molecule has 1 aliphatic rings. The van der Waals surface area contributed by atoms with Crippen LogP contribution in [-0.2, 0) is 6.42 Å². The Hall–Kier alpha value is -0.500. The molecule has 2 rings (SSSR count). The summed E-state index contributed by atoms with van der Waals surface area (Å²) in [4.78, 5) is 0.554. The fourth-order valence-electron chi connectivity index (χ4n) is 1.67. The number of halogens is 1. The zero-order valence-corrected chi connectivity index (χ0v) is 8.60. The first-order valence-electron chi connectivity index (χ1n) is 4.12. The van der Waals surface area contributed by atoms with Gasteiger partial charge in [0.05, 0.1) is 7.11 Å². The molecule has 0 bridgehead atoms. The minimum atomic E-state index is 0.554. The lowest BCUT2D eigenvalue weighted by Crippen LogP contribution is -1.87. The average Bonchev–Trinajstić information content (AvgIpc) is 2.47. The minimum Gasteiger partial charge on any atom is -0.497 e. The van der Waals surface area contributed by atoms with Crippen molar-refractivity contribution in [1.29, 1.82) is 0 Å². The number of rotatable bonds is 1. The van der Waals surface area contributed by atoms with E-state index in [0.29, 0.717) is 4.83 Å². The molecule has 0 heterocycles. The van der Waals surface area contributed by atoms with Gasteiger partial charge in [0.1, 0.15) is 5.75 Å². The predicted molar refractivity (Wildman–Crippen MR) is 53.0 cm³/mol. The Bertz CT molecular complexity index is 296. The Morgan fingerprint density at radius 1 is 1.50 bits per heavy atom. The maximum absolute atomic E-state index is 5.16. The molecule has 0 spiro atoms. The monoisotopic (exact) mass is 226 g/mol. The van der Waals surface area contributed by atoms with Crippen molar-refractivity contribution in [3.05, 3.63) is 29.3 Å². The maximum atomic E-state index is 5.16. The number of aryl methyl sites for hydroxylation is 1. The number of benzene rings is 1. The molecule has 1 nitrogen and oxygen atoms in total. The zero-order chi connectivity index (χ0) is 8.55. The van der Waals surface area contributed by atoms with E-state index in [-0.39, 0.29) is 0 Å². The lowest BCUT2D eigenvalue weighted by molar-refractivity contribution is 0.414. The quantitative estimate of drug-likeness (QED) is 0.670. The van der Waals surface area contributed by atoms with E-state index in [1.165, 1.54) is 24.0 Å². The van der Waals surface area contributed by atoms with Crippen LogP contribution in [-0.4, -0.2) is 7.11 Å². The maximum Gasteiger partial charge on any atom is 0.119 e. The van der Waals surface area contributed by atoms with E-state index in [2.05, 4.69) is 28.1 Å². The molecule has 0 aromatic heterocycles. The molecule has 1 unspecified atom stereocenters. The number of hydrogen-bond acceptors (Lipinski definition) is 1. The minimum absolute atomic E-state index is 0.554. The molecule has 0 saturated heterocycles. The van der Waals surface area contributed by atoms with Gasteiger partial charge in [-0.2, -0.15) is 0 Å². The van der Waals surface area contributed by atoms with Crippen molar-refractivity contribution in [3.8, 4) is 5.75 Å². The molecule has 0 fully saturated rings. The second-order valence-electron chi connectivity index (χ2n) is 3.07. The normalized spacial score (nSPS) is 20.7. The van der Waals surface area contributed by atoms with Gasteiger partial charge in [0.2, 0.25) is 0 Å². The van der Waals surface area contributed by atoms with Crippen LogP contribution in [0.25, 0.3) is 0 Å². The summed E-state index contributed by atoms with van der Waals surface area (Å²) < 4.78 is 5.16. The lowest BCUT2D eigenvalue weighted by Gasteiger charge is -2.04. The first-order chi connectivity index (χ1) is 5.81. The van der Waals surface area contributed by atoms with Gasteiger partial charge in [-0.25, -0.2) is 0 Å². The molecular weight excluding hydrogens is 216 g/mol.